The van der Waals surface area contributed by atoms with Crippen molar-refractivity contribution in [3.8, 4) is 5.75 Å². The zero-order valence-electron chi connectivity index (χ0n) is 14.8. The number of nitrogens with zero attached hydrogens (tertiary/aromatic N) is 2. The van der Waals surface area contributed by atoms with Crippen LogP contribution in [0, 0.1) is 0 Å². The largest absolute Gasteiger partial charge is 0.507 e. The third-order valence-electron chi connectivity index (χ3n) is 5.37. The SMILES string of the molecule is Oc1ccccc1C1=N[C@@H](CN2CCCCC2)C(=S)[C@H]1c1ccccc1. The van der Waals surface area contributed by atoms with Crippen LogP contribution in [0.4, 0.5) is 0 Å². The summed E-state index contributed by atoms with van der Waals surface area (Å²) >= 11 is 5.91. The van der Waals surface area contributed by atoms with Crippen molar-refractivity contribution in [2.75, 3.05) is 19.6 Å². The summed E-state index contributed by atoms with van der Waals surface area (Å²) in [7, 11) is 0. The molecule has 4 rings (SSSR count). The predicted molar refractivity (Wildman–Crippen MR) is 111 cm³/mol. The highest BCUT2D eigenvalue weighted by Gasteiger charge is 2.37. The fraction of sp³-hybridized carbons (Fsp3) is 0.364. The minimum atomic E-state index is -0.0331. The van der Waals surface area contributed by atoms with Gasteiger partial charge in [-0.05, 0) is 43.6 Å². The van der Waals surface area contributed by atoms with Crippen molar-refractivity contribution < 1.29 is 5.11 Å². The smallest absolute Gasteiger partial charge is 0.124 e. The molecule has 0 aliphatic carbocycles. The summed E-state index contributed by atoms with van der Waals surface area (Å²) < 4.78 is 0. The van der Waals surface area contributed by atoms with E-state index in [0.717, 1.165) is 41.3 Å². The molecule has 2 aromatic rings. The van der Waals surface area contributed by atoms with E-state index in [-0.39, 0.29) is 17.7 Å². The topological polar surface area (TPSA) is 35.8 Å². The number of hydrogen-bond acceptors (Lipinski definition) is 4. The molecule has 134 valence electrons. The van der Waals surface area contributed by atoms with Crippen molar-refractivity contribution in [2.45, 2.75) is 31.2 Å². The quantitative estimate of drug-likeness (QED) is 0.826. The van der Waals surface area contributed by atoms with Gasteiger partial charge in [0.25, 0.3) is 0 Å². The first kappa shape index (κ1) is 17.4. The van der Waals surface area contributed by atoms with Gasteiger partial charge in [-0.1, -0.05) is 61.1 Å². The van der Waals surface area contributed by atoms with Crippen molar-refractivity contribution >= 4 is 22.8 Å². The Bertz CT molecular complexity index is 812. The molecule has 2 heterocycles. The molecule has 1 saturated heterocycles. The van der Waals surface area contributed by atoms with Gasteiger partial charge in [-0.3, -0.25) is 4.99 Å². The summed E-state index contributed by atoms with van der Waals surface area (Å²) in [5.41, 5.74) is 2.85. The van der Waals surface area contributed by atoms with Gasteiger partial charge in [-0.2, -0.15) is 0 Å². The van der Waals surface area contributed by atoms with Gasteiger partial charge in [0.15, 0.2) is 0 Å². The molecule has 3 nitrogen and oxygen atoms in total. The molecule has 0 bridgehead atoms. The molecule has 0 amide bonds. The highest BCUT2D eigenvalue weighted by molar-refractivity contribution is 7.80. The number of rotatable bonds is 4. The number of aliphatic imine (C=N–C) groups is 1. The predicted octanol–water partition coefficient (Wildman–Crippen LogP) is 4.20. The Morgan fingerprint density at radius 2 is 1.65 bits per heavy atom. The van der Waals surface area contributed by atoms with E-state index >= 15 is 0 Å². The van der Waals surface area contributed by atoms with Crippen molar-refractivity contribution in [3.05, 3.63) is 65.7 Å². The first-order chi connectivity index (χ1) is 12.7. The fourth-order valence-electron chi connectivity index (χ4n) is 4.03. The van der Waals surface area contributed by atoms with Crippen LogP contribution in [0.5, 0.6) is 5.75 Å². The van der Waals surface area contributed by atoms with Crippen LogP contribution in [0.15, 0.2) is 59.6 Å². The van der Waals surface area contributed by atoms with E-state index < -0.39 is 0 Å². The van der Waals surface area contributed by atoms with Crippen molar-refractivity contribution in [2.24, 2.45) is 4.99 Å². The summed E-state index contributed by atoms with van der Waals surface area (Å²) in [6.07, 6.45) is 3.85. The summed E-state index contributed by atoms with van der Waals surface area (Å²) in [5, 5.41) is 10.4. The van der Waals surface area contributed by atoms with Gasteiger partial charge in [-0.15, -0.1) is 0 Å². The Morgan fingerprint density at radius 3 is 2.38 bits per heavy atom. The molecule has 0 unspecified atom stereocenters. The van der Waals surface area contributed by atoms with Gasteiger partial charge in [0, 0.05) is 17.0 Å². The lowest BCUT2D eigenvalue weighted by Crippen LogP contribution is -2.38. The van der Waals surface area contributed by atoms with Crippen LogP contribution in [-0.2, 0) is 0 Å². The highest BCUT2D eigenvalue weighted by atomic mass is 32.1. The van der Waals surface area contributed by atoms with Gasteiger partial charge in [0.2, 0.25) is 0 Å². The van der Waals surface area contributed by atoms with Crippen LogP contribution in [0.25, 0.3) is 0 Å². The number of thiocarbonyl (C=S) groups is 1. The van der Waals surface area contributed by atoms with Crippen LogP contribution in [0.3, 0.4) is 0 Å². The van der Waals surface area contributed by atoms with E-state index in [2.05, 4.69) is 17.0 Å². The van der Waals surface area contributed by atoms with Crippen LogP contribution in [0.2, 0.25) is 0 Å². The van der Waals surface area contributed by atoms with Crippen molar-refractivity contribution in [1.82, 2.24) is 4.90 Å². The molecule has 0 saturated carbocycles. The Morgan fingerprint density at radius 1 is 0.962 bits per heavy atom. The van der Waals surface area contributed by atoms with E-state index in [1.807, 2.05) is 36.4 Å². The Labute approximate surface area is 160 Å². The first-order valence-electron chi connectivity index (χ1n) is 9.41. The first-order valence-corrected chi connectivity index (χ1v) is 9.82. The lowest BCUT2D eigenvalue weighted by Gasteiger charge is -2.28. The summed E-state index contributed by atoms with van der Waals surface area (Å²) in [6, 6.07) is 17.8. The lowest BCUT2D eigenvalue weighted by atomic mass is 9.87. The van der Waals surface area contributed by atoms with Gasteiger partial charge in [-0.25, -0.2) is 0 Å². The van der Waals surface area contributed by atoms with Gasteiger partial charge in [0.05, 0.1) is 17.7 Å². The average molecular weight is 365 g/mol. The number of aromatic hydroxyl groups is 1. The molecule has 1 N–H and O–H groups in total. The number of benzene rings is 2. The molecule has 0 aromatic heterocycles. The third-order valence-corrected chi connectivity index (χ3v) is 5.88. The van der Waals surface area contributed by atoms with Gasteiger partial charge in [0.1, 0.15) is 5.75 Å². The van der Waals surface area contributed by atoms with Crippen LogP contribution >= 0.6 is 12.2 Å². The number of likely N-dealkylation sites (tertiary alicyclic amines) is 1. The fourth-order valence-corrected chi connectivity index (χ4v) is 4.41. The summed E-state index contributed by atoms with van der Waals surface area (Å²) in [6.45, 7) is 3.16. The van der Waals surface area contributed by atoms with Crippen molar-refractivity contribution in [3.63, 3.8) is 0 Å². The molecule has 2 aromatic carbocycles. The molecule has 26 heavy (non-hydrogen) atoms. The highest BCUT2D eigenvalue weighted by Crippen LogP contribution is 2.35. The number of phenols is 1. The maximum absolute atomic E-state index is 10.4. The second kappa shape index (κ2) is 7.68. The van der Waals surface area contributed by atoms with Crippen LogP contribution < -0.4 is 0 Å². The number of para-hydroxylation sites is 1. The maximum atomic E-state index is 10.4. The molecule has 4 heteroatoms. The molecular formula is C22H24N2OS. The zero-order valence-corrected chi connectivity index (χ0v) is 15.7. The third kappa shape index (κ3) is 3.44. The normalized spacial score (nSPS) is 23.8. The van der Waals surface area contributed by atoms with E-state index in [1.54, 1.807) is 6.07 Å². The standard InChI is InChI=1S/C22H24N2OS/c25-19-12-6-5-11-17(19)21-20(16-9-3-1-4-10-16)22(26)18(23-21)15-24-13-7-2-8-14-24/h1,3-6,9-12,18,20,25H,2,7-8,13-15H2/t18-,20-/m0/s1. The molecule has 1 fully saturated rings. The van der Waals surface area contributed by atoms with E-state index in [0.29, 0.717) is 0 Å². The molecular weight excluding hydrogens is 340 g/mol. The van der Waals surface area contributed by atoms with Gasteiger partial charge < -0.3 is 10.0 Å². The molecule has 2 aliphatic rings. The van der Waals surface area contributed by atoms with Gasteiger partial charge >= 0.3 is 0 Å². The monoisotopic (exact) mass is 364 g/mol. The molecule has 0 spiro atoms. The minimum absolute atomic E-state index is 0.0166. The second-order valence-electron chi connectivity index (χ2n) is 7.15. The second-order valence-corrected chi connectivity index (χ2v) is 7.63. The molecule has 0 radical (unpaired) electrons. The van der Waals surface area contributed by atoms with E-state index in [4.69, 9.17) is 17.2 Å². The summed E-state index contributed by atoms with van der Waals surface area (Å²) in [4.78, 5) is 8.48. The maximum Gasteiger partial charge on any atom is 0.124 e. The number of phenolic OH excluding ortho intramolecular Hbond substituents is 1. The molecule has 2 atom stereocenters. The molecule has 2 aliphatic heterocycles. The number of piperidine rings is 1. The van der Waals surface area contributed by atoms with E-state index in [1.165, 1.54) is 19.3 Å². The minimum Gasteiger partial charge on any atom is -0.507 e. The average Bonchev–Trinajstić information content (AvgIpc) is 3.00. The van der Waals surface area contributed by atoms with Crippen molar-refractivity contribution in [1.29, 1.82) is 0 Å². The van der Waals surface area contributed by atoms with Crippen LogP contribution in [-0.4, -0.2) is 46.3 Å². The Hall–Kier alpha value is -2.04. The van der Waals surface area contributed by atoms with E-state index in [9.17, 15) is 5.11 Å². The Kier molecular flexibility index (Phi) is 5.14. The summed E-state index contributed by atoms with van der Waals surface area (Å²) in [5.74, 6) is 0.239. The van der Waals surface area contributed by atoms with Crippen LogP contribution in [0.1, 0.15) is 36.3 Å². The lowest BCUT2D eigenvalue weighted by molar-refractivity contribution is 0.228. The zero-order chi connectivity index (χ0) is 17.9. The Balaban J connectivity index is 1.69. The number of hydrogen-bond donors (Lipinski definition) is 1.